The third-order valence-electron chi connectivity index (χ3n) is 0.236. The second-order valence-electron chi connectivity index (χ2n) is 0.695. The average molecular weight is 98.0 g/mol. The summed E-state index contributed by atoms with van der Waals surface area (Å²) in [6.07, 6.45) is 0. The summed E-state index contributed by atoms with van der Waals surface area (Å²) in [5, 5.41) is 0. The first-order chi connectivity index (χ1) is 2.41. The summed E-state index contributed by atoms with van der Waals surface area (Å²) < 4.78 is 9.22. The van der Waals surface area contributed by atoms with Crippen molar-refractivity contribution in [2.75, 3.05) is 14.2 Å². The Hall–Kier alpha value is 1.05. The van der Waals surface area contributed by atoms with E-state index < -0.39 is 15.9 Å². The van der Waals surface area contributed by atoms with E-state index in [1.54, 1.807) is 14.2 Å². The Morgan fingerprint density at radius 2 is 1.50 bits per heavy atom. The fraction of sp³-hybridized carbons (Fsp3) is 1.00. The molecule has 2 nitrogen and oxygen atoms in total. The number of hydrogen-bond donors (Lipinski definition) is 0. The van der Waals surface area contributed by atoms with Crippen LogP contribution in [-0.4, -0.2) is 49.0 Å². The topological polar surface area (TPSA) is 18.5 Å². The van der Waals surface area contributed by atoms with Crippen LogP contribution in [-0.2, 0) is 7.58 Å². The predicted molar refractivity (Wildman–Crippen MR) is 28.3 cm³/mol. The second kappa shape index (κ2) is 9.41. The first-order valence-electron chi connectivity index (χ1n) is 1.39. The van der Waals surface area contributed by atoms with Crippen LogP contribution in [0.25, 0.3) is 0 Å². The molecule has 6 heavy (non-hydrogen) atoms. The van der Waals surface area contributed by atoms with Gasteiger partial charge in [-0.2, -0.15) is 0 Å². The zero-order chi connectivity index (χ0) is 4.12. The van der Waals surface area contributed by atoms with Gasteiger partial charge in [-0.05, 0) is 0 Å². The molecular formula is C2H8AlLiO2. The van der Waals surface area contributed by atoms with E-state index in [-0.39, 0.29) is 18.9 Å². The Labute approximate surface area is 56.8 Å². The minimum absolute atomic E-state index is 0. The van der Waals surface area contributed by atoms with E-state index in [0.717, 1.165) is 0 Å². The molecule has 0 saturated heterocycles. The minimum atomic E-state index is -0.568. The molecule has 0 aliphatic carbocycles. The Kier molecular flexibility index (Phi) is 15.9. The molecule has 0 unspecified atom stereocenters. The zero-order valence-corrected chi connectivity index (χ0v) is 4.94. The molecular weight excluding hydrogens is 89.9 g/mol. The van der Waals surface area contributed by atoms with E-state index >= 15 is 0 Å². The molecule has 4 heteroatoms. The Morgan fingerprint density at radius 1 is 1.17 bits per heavy atom. The van der Waals surface area contributed by atoms with Crippen molar-refractivity contribution in [1.82, 2.24) is 0 Å². The van der Waals surface area contributed by atoms with Gasteiger partial charge in [0.05, 0.1) is 0 Å². The average Bonchev–Trinajstić information content (AvgIpc) is 1.41. The van der Waals surface area contributed by atoms with Crippen LogP contribution < -0.4 is 0 Å². The molecule has 0 rings (SSSR count). The van der Waals surface area contributed by atoms with Gasteiger partial charge in [-0.25, -0.2) is 0 Å². The Morgan fingerprint density at radius 3 is 1.50 bits per heavy atom. The van der Waals surface area contributed by atoms with E-state index in [1.165, 1.54) is 0 Å². The molecule has 0 aromatic heterocycles. The van der Waals surface area contributed by atoms with Gasteiger partial charge in [0.1, 0.15) is 0 Å². The van der Waals surface area contributed by atoms with Crippen molar-refractivity contribution < 1.29 is 7.58 Å². The number of rotatable bonds is 2. The van der Waals surface area contributed by atoms with E-state index in [0.29, 0.717) is 0 Å². The van der Waals surface area contributed by atoms with Crippen LogP contribution in [0.15, 0.2) is 0 Å². The third-order valence-corrected chi connectivity index (χ3v) is 0.707. The fourth-order valence-electron chi connectivity index (χ4n) is 0.118. The summed E-state index contributed by atoms with van der Waals surface area (Å²) in [6, 6.07) is 0. The molecule has 0 aromatic rings. The van der Waals surface area contributed by atoms with Crippen molar-refractivity contribution in [1.29, 1.82) is 0 Å². The number of hydrogen-bond acceptors (Lipinski definition) is 2. The van der Waals surface area contributed by atoms with Gasteiger partial charge in [-0.15, -0.1) is 0 Å². The van der Waals surface area contributed by atoms with E-state index in [9.17, 15) is 0 Å². The van der Waals surface area contributed by atoms with Gasteiger partial charge in [0.2, 0.25) is 0 Å². The summed E-state index contributed by atoms with van der Waals surface area (Å²) >= 11 is -0.568. The molecule has 0 fully saturated rings. The standard InChI is InChI=1S/2CH3O.Al.Li.2H/c2*1-2;;;;/h2*1H3;;;;/q2*-1;+2;;;. The molecule has 0 aliphatic heterocycles. The van der Waals surface area contributed by atoms with Crippen molar-refractivity contribution in [2.24, 2.45) is 0 Å². The quantitative estimate of drug-likeness (QED) is 0.408. The SMILES string of the molecule is C[O][AlH][O]C.[LiH]. The maximum absolute atomic E-state index is 4.61. The third kappa shape index (κ3) is 8.90. The van der Waals surface area contributed by atoms with Crippen LogP contribution in [0.5, 0.6) is 0 Å². The van der Waals surface area contributed by atoms with Crippen LogP contribution in [0.1, 0.15) is 0 Å². The molecule has 0 aromatic carbocycles. The van der Waals surface area contributed by atoms with Crippen molar-refractivity contribution >= 4 is 34.7 Å². The molecule has 0 bridgehead atoms. The fourth-order valence-corrected chi connectivity index (χ4v) is 0.354. The normalized spacial score (nSPS) is 6.33. The van der Waals surface area contributed by atoms with Gasteiger partial charge >= 0.3 is 34.7 Å². The molecule has 0 N–H and O–H groups in total. The van der Waals surface area contributed by atoms with Crippen LogP contribution in [0, 0.1) is 0 Å². The summed E-state index contributed by atoms with van der Waals surface area (Å²) in [5.41, 5.74) is 0. The van der Waals surface area contributed by atoms with Gasteiger partial charge in [-0.1, -0.05) is 0 Å². The molecule has 0 amide bonds. The van der Waals surface area contributed by atoms with Crippen LogP contribution in [0.3, 0.4) is 0 Å². The van der Waals surface area contributed by atoms with E-state index in [4.69, 9.17) is 0 Å². The Bertz CT molecular complexity index is 19.0. The first-order valence-corrected chi connectivity index (χ1v) is 2.55. The Balaban J connectivity index is 0. The summed E-state index contributed by atoms with van der Waals surface area (Å²) in [5.74, 6) is 0. The molecule has 0 saturated carbocycles. The molecule has 0 aliphatic rings. The van der Waals surface area contributed by atoms with Gasteiger partial charge in [-0.3, -0.25) is 0 Å². The van der Waals surface area contributed by atoms with E-state index in [2.05, 4.69) is 7.58 Å². The summed E-state index contributed by atoms with van der Waals surface area (Å²) in [7, 11) is 3.30. The van der Waals surface area contributed by atoms with Crippen molar-refractivity contribution in [3.05, 3.63) is 0 Å². The van der Waals surface area contributed by atoms with Crippen LogP contribution >= 0.6 is 0 Å². The van der Waals surface area contributed by atoms with Crippen molar-refractivity contribution in [2.45, 2.75) is 0 Å². The van der Waals surface area contributed by atoms with Gasteiger partial charge in [0, 0.05) is 14.2 Å². The van der Waals surface area contributed by atoms with Gasteiger partial charge in [0.25, 0.3) is 0 Å². The molecule has 32 valence electrons. The predicted octanol–water partition coefficient (Wildman–Crippen LogP) is -1.10. The van der Waals surface area contributed by atoms with Crippen LogP contribution in [0.4, 0.5) is 0 Å². The van der Waals surface area contributed by atoms with Crippen molar-refractivity contribution in [3.63, 3.8) is 0 Å². The second-order valence-corrected chi connectivity index (χ2v) is 2.09. The summed E-state index contributed by atoms with van der Waals surface area (Å²) in [6.45, 7) is 0. The monoisotopic (exact) mass is 98.0 g/mol. The van der Waals surface area contributed by atoms with Gasteiger partial charge < -0.3 is 7.58 Å². The zero-order valence-electron chi connectivity index (χ0n) is 3.52. The summed E-state index contributed by atoms with van der Waals surface area (Å²) in [4.78, 5) is 0. The van der Waals surface area contributed by atoms with Crippen LogP contribution in [0.2, 0.25) is 0 Å². The maximum atomic E-state index is 4.61. The molecule has 0 heterocycles. The van der Waals surface area contributed by atoms with Gasteiger partial charge in [0.15, 0.2) is 0 Å². The molecule has 0 atom stereocenters. The molecule has 0 spiro atoms. The van der Waals surface area contributed by atoms with E-state index in [1.807, 2.05) is 0 Å². The molecule has 0 radical (unpaired) electrons. The van der Waals surface area contributed by atoms with Crippen molar-refractivity contribution in [3.8, 4) is 0 Å². The first kappa shape index (κ1) is 10.1.